The highest BCUT2D eigenvalue weighted by Gasteiger charge is 2.21. The van der Waals surface area contributed by atoms with Crippen molar-refractivity contribution >= 4 is 23.2 Å². The molecule has 0 saturated carbocycles. The molecule has 2 aromatic heterocycles. The van der Waals surface area contributed by atoms with Gasteiger partial charge in [-0.15, -0.1) is 0 Å². The molecule has 0 spiro atoms. The zero-order valence-electron chi connectivity index (χ0n) is 15.9. The molecule has 1 N–H and O–H groups in total. The minimum atomic E-state index is -0.387. The minimum Gasteiger partial charge on any atom is -0.319 e. The quantitative estimate of drug-likeness (QED) is 0.735. The van der Waals surface area contributed by atoms with Crippen LogP contribution in [0.15, 0.2) is 18.2 Å². The van der Waals surface area contributed by atoms with E-state index in [1.54, 1.807) is 42.4 Å². The van der Waals surface area contributed by atoms with Crippen LogP contribution in [0.4, 0.5) is 10.1 Å². The smallest absolute Gasteiger partial charge is 0.259 e. The fourth-order valence-corrected chi connectivity index (χ4v) is 3.37. The second-order valence-electron chi connectivity index (χ2n) is 6.53. The summed E-state index contributed by atoms with van der Waals surface area (Å²) >= 11 is 6.12. The Labute approximate surface area is 161 Å². The summed E-state index contributed by atoms with van der Waals surface area (Å²) in [4.78, 5) is 12.8. The number of nitrogens with zero attached hydrogens (tertiary/aromatic N) is 4. The number of benzene rings is 1. The molecule has 0 radical (unpaired) electrons. The molecule has 6 nitrogen and oxygen atoms in total. The Morgan fingerprint density at radius 2 is 1.85 bits per heavy atom. The molecule has 3 rings (SSSR count). The van der Waals surface area contributed by atoms with Crippen molar-refractivity contribution in [3.8, 4) is 0 Å². The first-order valence-electron chi connectivity index (χ1n) is 8.49. The van der Waals surface area contributed by atoms with Crippen LogP contribution in [0.1, 0.15) is 38.7 Å². The molecule has 8 heteroatoms. The van der Waals surface area contributed by atoms with Crippen LogP contribution >= 0.6 is 11.6 Å². The van der Waals surface area contributed by atoms with Crippen molar-refractivity contribution in [1.29, 1.82) is 0 Å². The average molecular weight is 390 g/mol. The summed E-state index contributed by atoms with van der Waals surface area (Å²) in [5.74, 6) is -0.630. The Morgan fingerprint density at radius 3 is 2.44 bits per heavy atom. The van der Waals surface area contributed by atoms with E-state index in [2.05, 4.69) is 15.5 Å². The lowest BCUT2D eigenvalue weighted by molar-refractivity contribution is 0.102. The first kappa shape index (κ1) is 19.1. The molecule has 0 aliphatic heterocycles. The fourth-order valence-electron chi connectivity index (χ4n) is 3.14. The zero-order valence-corrected chi connectivity index (χ0v) is 16.6. The summed E-state index contributed by atoms with van der Waals surface area (Å²) in [6.07, 6.45) is 0. The number of anilines is 1. The van der Waals surface area contributed by atoms with Crippen LogP contribution in [0.2, 0.25) is 5.02 Å². The van der Waals surface area contributed by atoms with Gasteiger partial charge in [0, 0.05) is 23.3 Å². The number of aryl methyl sites for hydroxylation is 3. The normalized spacial score (nSPS) is 11.1. The molecular weight excluding hydrogens is 369 g/mol. The predicted octanol–water partition coefficient (Wildman–Crippen LogP) is 3.94. The molecule has 142 valence electrons. The van der Waals surface area contributed by atoms with Crippen molar-refractivity contribution in [2.45, 2.75) is 34.2 Å². The van der Waals surface area contributed by atoms with Gasteiger partial charge in [-0.2, -0.15) is 10.2 Å². The number of hydrogen-bond acceptors (Lipinski definition) is 3. The van der Waals surface area contributed by atoms with Crippen LogP contribution in [0, 0.1) is 33.5 Å². The van der Waals surface area contributed by atoms with E-state index in [9.17, 15) is 9.18 Å². The number of aromatic nitrogens is 4. The number of hydrogen-bond donors (Lipinski definition) is 1. The van der Waals surface area contributed by atoms with Gasteiger partial charge in [0.1, 0.15) is 5.82 Å². The summed E-state index contributed by atoms with van der Waals surface area (Å²) in [5.41, 5.74) is 4.32. The molecule has 1 amide bonds. The summed E-state index contributed by atoms with van der Waals surface area (Å²) in [7, 11) is 1.80. The third-order valence-corrected chi connectivity index (χ3v) is 5.08. The van der Waals surface area contributed by atoms with Crippen molar-refractivity contribution < 1.29 is 9.18 Å². The minimum absolute atomic E-state index is 0.180. The van der Waals surface area contributed by atoms with E-state index in [1.807, 2.05) is 13.8 Å². The van der Waals surface area contributed by atoms with Crippen LogP contribution < -0.4 is 5.32 Å². The highest BCUT2D eigenvalue weighted by Crippen LogP contribution is 2.25. The van der Waals surface area contributed by atoms with Gasteiger partial charge in [-0.25, -0.2) is 4.39 Å². The lowest BCUT2D eigenvalue weighted by Crippen LogP contribution is -2.15. The molecular formula is C19H21ClFN5O. The molecule has 2 heterocycles. The van der Waals surface area contributed by atoms with Crippen molar-refractivity contribution in [3.05, 3.63) is 62.9 Å². The van der Waals surface area contributed by atoms with E-state index in [0.717, 1.165) is 11.4 Å². The molecule has 27 heavy (non-hydrogen) atoms. The Hall–Kier alpha value is -2.67. The van der Waals surface area contributed by atoms with Gasteiger partial charge in [-0.05, 0) is 39.8 Å². The van der Waals surface area contributed by atoms with E-state index in [1.165, 1.54) is 6.07 Å². The predicted molar refractivity (Wildman–Crippen MR) is 103 cm³/mol. The number of carbonyl (C=O) groups is 1. The largest absolute Gasteiger partial charge is 0.319 e. The van der Waals surface area contributed by atoms with Gasteiger partial charge < -0.3 is 5.32 Å². The highest BCUT2D eigenvalue weighted by molar-refractivity contribution is 6.31. The van der Waals surface area contributed by atoms with Crippen LogP contribution in [-0.2, 0) is 13.6 Å². The van der Waals surface area contributed by atoms with Gasteiger partial charge in [-0.1, -0.05) is 17.7 Å². The molecule has 0 bridgehead atoms. The van der Waals surface area contributed by atoms with Gasteiger partial charge in [-0.3, -0.25) is 14.2 Å². The molecule has 0 fully saturated rings. The van der Waals surface area contributed by atoms with Gasteiger partial charge in [0.15, 0.2) is 0 Å². The maximum absolute atomic E-state index is 14.1. The monoisotopic (exact) mass is 389 g/mol. The number of nitrogens with one attached hydrogen (secondary N) is 1. The molecule has 0 aliphatic carbocycles. The number of rotatable bonds is 4. The Balaban J connectivity index is 1.91. The van der Waals surface area contributed by atoms with Gasteiger partial charge in [0.2, 0.25) is 0 Å². The maximum Gasteiger partial charge on any atom is 0.259 e. The fraction of sp³-hybridized carbons (Fsp3) is 0.316. The molecule has 0 unspecified atom stereocenters. The Morgan fingerprint density at radius 1 is 1.15 bits per heavy atom. The molecule has 0 aliphatic rings. The maximum atomic E-state index is 14.1. The summed E-state index contributed by atoms with van der Waals surface area (Å²) in [5, 5.41) is 12.0. The lowest BCUT2D eigenvalue weighted by Gasteiger charge is -2.09. The lowest BCUT2D eigenvalue weighted by atomic mass is 10.1. The third-order valence-electron chi connectivity index (χ3n) is 4.73. The van der Waals surface area contributed by atoms with E-state index in [4.69, 9.17) is 11.6 Å². The van der Waals surface area contributed by atoms with Crippen molar-refractivity contribution in [3.63, 3.8) is 0 Å². The first-order valence-corrected chi connectivity index (χ1v) is 8.87. The van der Waals surface area contributed by atoms with Crippen molar-refractivity contribution in [1.82, 2.24) is 19.6 Å². The summed E-state index contributed by atoms with van der Waals surface area (Å²) in [6, 6.07) is 4.57. The molecule has 3 aromatic rings. The van der Waals surface area contributed by atoms with Crippen LogP contribution in [0.25, 0.3) is 0 Å². The van der Waals surface area contributed by atoms with Crippen molar-refractivity contribution in [2.75, 3.05) is 5.32 Å². The van der Waals surface area contributed by atoms with E-state index < -0.39 is 0 Å². The topological polar surface area (TPSA) is 64.7 Å². The second-order valence-corrected chi connectivity index (χ2v) is 6.93. The highest BCUT2D eigenvalue weighted by atomic mass is 35.5. The summed E-state index contributed by atoms with van der Waals surface area (Å²) in [6.45, 7) is 7.45. The number of amides is 1. The third kappa shape index (κ3) is 3.47. The molecule has 0 saturated heterocycles. The Bertz CT molecular complexity index is 1020. The number of carbonyl (C=O) groups excluding carboxylic acids is 1. The first-order chi connectivity index (χ1) is 12.7. The standard InChI is InChI=1S/C19H21ClFN5O/c1-10-17(12(3)25(5)23-10)19(27)22-18-11(2)24-26(13(18)4)9-14-15(20)7-6-8-16(14)21/h6-8H,9H2,1-5H3,(H,22,27). The van der Waals surface area contributed by atoms with E-state index >= 15 is 0 Å². The van der Waals surface area contributed by atoms with Crippen LogP contribution in [0.5, 0.6) is 0 Å². The SMILES string of the molecule is Cc1nn(Cc2c(F)cccc2Cl)c(C)c1NC(=O)c1c(C)nn(C)c1C. The van der Waals surface area contributed by atoms with Crippen LogP contribution in [-0.4, -0.2) is 25.5 Å². The van der Waals surface area contributed by atoms with E-state index in [0.29, 0.717) is 33.2 Å². The molecule has 0 atom stereocenters. The van der Waals surface area contributed by atoms with Crippen molar-refractivity contribution in [2.24, 2.45) is 7.05 Å². The number of halogens is 2. The second kappa shape index (κ2) is 7.15. The average Bonchev–Trinajstić information content (AvgIpc) is 3.00. The van der Waals surface area contributed by atoms with Gasteiger partial charge >= 0.3 is 0 Å². The van der Waals surface area contributed by atoms with E-state index in [-0.39, 0.29) is 18.3 Å². The summed E-state index contributed by atoms with van der Waals surface area (Å²) < 4.78 is 17.4. The zero-order chi connectivity index (χ0) is 19.9. The van der Waals surface area contributed by atoms with Gasteiger partial charge in [0.25, 0.3) is 5.91 Å². The Kier molecular flexibility index (Phi) is 5.06. The van der Waals surface area contributed by atoms with Gasteiger partial charge in [0.05, 0.1) is 34.9 Å². The van der Waals surface area contributed by atoms with Crippen LogP contribution in [0.3, 0.4) is 0 Å². The molecule has 1 aromatic carbocycles.